The first-order valence-corrected chi connectivity index (χ1v) is 5.93. The zero-order chi connectivity index (χ0) is 14.4. The maximum Gasteiger partial charge on any atom is 0.299 e. The summed E-state index contributed by atoms with van der Waals surface area (Å²) < 4.78 is 13.5. The van der Waals surface area contributed by atoms with Gasteiger partial charge in [0.1, 0.15) is 5.82 Å². The van der Waals surface area contributed by atoms with Gasteiger partial charge in [0.05, 0.1) is 29.9 Å². The Morgan fingerprint density at radius 2 is 2.10 bits per heavy atom. The fourth-order valence-electron chi connectivity index (χ4n) is 1.97. The van der Waals surface area contributed by atoms with Crippen molar-refractivity contribution in [1.82, 2.24) is 20.2 Å². The highest BCUT2D eigenvalue weighted by Gasteiger charge is 2.37. The molecule has 1 aromatic carbocycles. The lowest BCUT2D eigenvalue weighted by atomic mass is 10.1. The number of carbonyl (C=O) groups excluding carboxylic acids is 2. The lowest BCUT2D eigenvalue weighted by Gasteiger charge is -2.14. The molecule has 1 aromatic heterocycles. The Hall–Kier alpha value is -2.35. The number of aromatic nitrogens is 4. The van der Waals surface area contributed by atoms with Crippen molar-refractivity contribution in [3.8, 4) is 0 Å². The molecule has 0 saturated carbocycles. The third-order valence-corrected chi connectivity index (χ3v) is 3.15. The van der Waals surface area contributed by atoms with Gasteiger partial charge >= 0.3 is 0 Å². The van der Waals surface area contributed by atoms with Gasteiger partial charge in [0.15, 0.2) is 5.82 Å². The molecule has 0 aliphatic carbocycles. The van der Waals surface area contributed by atoms with Crippen LogP contribution in [0.5, 0.6) is 0 Å². The summed E-state index contributed by atoms with van der Waals surface area (Å²) in [4.78, 5) is 26.1. The fourth-order valence-corrected chi connectivity index (χ4v) is 2.14. The van der Waals surface area contributed by atoms with Crippen molar-refractivity contribution < 1.29 is 14.0 Å². The summed E-state index contributed by atoms with van der Waals surface area (Å²) in [5.41, 5.74) is 0.236. The molecule has 0 spiro atoms. The van der Waals surface area contributed by atoms with E-state index >= 15 is 0 Å². The molecule has 0 N–H and O–H groups in total. The van der Waals surface area contributed by atoms with Crippen molar-refractivity contribution in [3.05, 3.63) is 34.4 Å². The van der Waals surface area contributed by atoms with E-state index in [1.165, 1.54) is 4.80 Å². The summed E-state index contributed by atoms with van der Waals surface area (Å²) in [6.07, 6.45) is 0. The molecule has 0 unspecified atom stereocenters. The fraction of sp³-hybridized carbons (Fsp3) is 0.182. The minimum Gasteiger partial charge on any atom is -0.297 e. The van der Waals surface area contributed by atoms with Gasteiger partial charge in [0.25, 0.3) is 11.7 Å². The Morgan fingerprint density at radius 3 is 2.75 bits per heavy atom. The summed E-state index contributed by atoms with van der Waals surface area (Å²) in [6.45, 7) is -0.0630. The molecule has 0 atom stereocenters. The summed E-state index contributed by atoms with van der Waals surface area (Å²) in [6, 6.07) is 2.20. The summed E-state index contributed by atoms with van der Waals surface area (Å²) >= 11 is 5.62. The molecule has 3 rings (SSSR count). The van der Waals surface area contributed by atoms with Crippen LogP contribution < -0.4 is 4.90 Å². The maximum atomic E-state index is 13.5. The van der Waals surface area contributed by atoms with Gasteiger partial charge in [0, 0.05) is 0 Å². The molecule has 0 saturated heterocycles. The molecule has 1 aliphatic heterocycles. The topological polar surface area (TPSA) is 81.0 Å². The molecular formula is C11H7ClFN5O2. The standard InChI is InChI=1S/C11H7ClFN5O2/c1-17-15-9(14-16-17)4-18-8-3-7(13)6(12)2-5(8)10(19)11(18)20/h2-3H,4H2,1H3. The first-order chi connectivity index (χ1) is 9.47. The van der Waals surface area contributed by atoms with Crippen LogP contribution in [0.4, 0.5) is 10.1 Å². The van der Waals surface area contributed by atoms with E-state index in [9.17, 15) is 14.0 Å². The molecule has 9 heteroatoms. The number of hydrogen-bond donors (Lipinski definition) is 0. The van der Waals surface area contributed by atoms with Crippen LogP contribution >= 0.6 is 11.6 Å². The quantitative estimate of drug-likeness (QED) is 0.763. The number of halogens is 2. The van der Waals surface area contributed by atoms with Crippen LogP contribution in [0.1, 0.15) is 16.2 Å². The number of nitrogens with zero attached hydrogens (tertiary/aromatic N) is 5. The second kappa shape index (κ2) is 4.34. The number of fused-ring (bicyclic) bond motifs is 1. The van der Waals surface area contributed by atoms with Gasteiger partial charge in [-0.1, -0.05) is 11.6 Å². The van der Waals surface area contributed by atoms with E-state index < -0.39 is 17.5 Å². The van der Waals surface area contributed by atoms with Crippen LogP contribution in [0.2, 0.25) is 5.02 Å². The van der Waals surface area contributed by atoms with E-state index in [1.807, 2.05) is 0 Å². The largest absolute Gasteiger partial charge is 0.299 e. The Bertz CT molecular complexity index is 744. The van der Waals surface area contributed by atoms with Gasteiger partial charge in [-0.3, -0.25) is 14.5 Å². The molecule has 1 amide bonds. The molecule has 0 bridgehead atoms. The highest BCUT2D eigenvalue weighted by atomic mass is 35.5. The number of benzene rings is 1. The molecule has 20 heavy (non-hydrogen) atoms. The molecule has 2 heterocycles. The van der Waals surface area contributed by atoms with Gasteiger partial charge < -0.3 is 0 Å². The number of anilines is 1. The van der Waals surface area contributed by atoms with Gasteiger partial charge in [-0.15, -0.1) is 10.2 Å². The van der Waals surface area contributed by atoms with Crippen LogP contribution in [-0.2, 0) is 18.4 Å². The minimum absolute atomic E-state index is 0.0630. The molecule has 0 radical (unpaired) electrons. The van der Waals surface area contributed by atoms with Crippen LogP contribution in [0.3, 0.4) is 0 Å². The van der Waals surface area contributed by atoms with Gasteiger partial charge in [0.2, 0.25) is 0 Å². The number of tetrazole rings is 1. The number of aryl methyl sites for hydroxylation is 1. The number of hydrogen-bond acceptors (Lipinski definition) is 5. The van der Waals surface area contributed by atoms with E-state index in [-0.39, 0.29) is 28.6 Å². The van der Waals surface area contributed by atoms with Crippen LogP contribution in [-0.4, -0.2) is 31.9 Å². The molecule has 2 aromatic rings. The van der Waals surface area contributed by atoms with Crippen LogP contribution in [0.15, 0.2) is 12.1 Å². The predicted octanol–water partition coefficient (Wildman–Crippen LogP) is 0.732. The van der Waals surface area contributed by atoms with Crippen molar-refractivity contribution in [2.75, 3.05) is 4.90 Å². The highest BCUT2D eigenvalue weighted by molar-refractivity contribution is 6.52. The second-order valence-electron chi connectivity index (χ2n) is 4.20. The van der Waals surface area contributed by atoms with E-state index in [4.69, 9.17) is 11.6 Å². The first-order valence-electron chi connectivity index (χ1n) is 5.55. The van der Waals surface area contributed by atoms with E-state index in [0.29, 0.717) is 0 Å². The molecule has 7 nitrogen and oxygen atoms in total. The lowest BCUT2D eigenvalue weighted by Crippen LogP contribution is -2.29. The van der Waals surface area contributed by atoms with Crippen molar-refractivity contribution in [3.63, 3.8) is 0 Å². The smallest absolute Gasteiger partial charge is 0.297 e. The van der Waals surface area contributed by atoms with E-state index in [2.05, 4.69) is 15.4 Å². The number of Topliss-reactive ketones (excluding diaryl/α,β-unsaturated/α-hetero) is 1. The normalized spacial score (nSPS) is 14.1. The van der Waals surface area contributed by atoms with Gasteiger partial charge in [-0.2, -0.15) is 4.80 Å². The predicted molar refractivity (Wildman–Crippen MR) is 65.7 cm³/mol. The van der Waals surface area contributed by atoms with E-state index in [1.54, 1.807) is 7.05 Å². The molecule has 1 aliphatic rings. The average Bonchev–Trinajstić information content (AvgIpc) is 2.90. The number of rotatable bonds is 2. The average molecular weight is 296 g/mol. The van der Waals surface area contributed by atoms with Crippen molar-refractivity contribution in [2.45, 2.75) is 6.54 Å². The number of ketones is 1. The Kier molecular flexibility index (Phi) is 2.75. The first kappa shape index (κ1) is 12.7. The van der Waals surface area contributed by atoms with Crippen LogP contribution in [0, 0.1) is 5.82 Å². The van der Waals surface area contributed by atoms with Crippen molar-refractivity contribution >= 4 is 29.0 Å². The monoisotopic (exact) mass is 295 g/mol. The zero-order valence-corrected chi connectivity index (χ0v) is 10.9. The second-order valence-corrected chi connectivity index (χ2v) is 4.61. The third kappa shape index (κ3) is 1.85. The lowest BCUT2D eigenvalue weighted by molar-refractivity contribution is -0.114. The summed E-state index contributed by atoms with van der Waals surface area (Å²) in [5.74, 6) is -1.96. The van der Waals surface area contributed by atoms with Gasteiger partial charge in [-0.05, 0) is 17.3 Å². The number of amides is 1. The van der Waals surface area contributed by atoms with Gasteiger partial charge in [-0.25, -0.2) is 4.39 Å². The third-order valence-electron chi connectivity index (χ3n) is 2.86. The molecule has 102 valence electrons. The molecular weight excluding hydrogens is 289 g/mol. The van der Waals surface area contributed by atoms with Crippen molar-refractivity contribution in [2.24, 2.45) is 7.05 Å². The summed E-state index contributed by atoms with van der Waals surface area (Å²) in [5, 5.41) is 11.1. The SMILES string of the molecule is Cn1nnc(CN2C(=O)C(=O)c3cc(Cl)c(F)cc32)n1. The highest BCUT2D eigenvalue weighted by Crippen LogP contribution is 2.33. The minimum atomic E-state index is -0.769. The Balaban J connectivity index is 2.03. The van der Waals surface area contributed by atoms with Crippen LogP contribution in [0.25, 0.3) is 0 Å². The Labute approximate surface area is 116 Å². The van der Waals surface area contributed by atoms with Crippen molar-refractivity contribution in [1.29, 1.82) is 0 Å². The zero-order valence-electron chi connectivity index (χ0n) is 10.2. The van der Waals surface area contributed by atoms with E-state index in [0.717, 1.165) is 17.0 Å². The molecule has 0 fully saturated rings. The Morgan fingerprint density at radius 1 is 1.35 bits per heavy atom. The number of carbonyl (C=O) groups is 2. The summed E-state index contributed by atoms with van der Waals surface area (Å²) in [7, 11) is 1.57. The maximum absolute atomic E-state index is 13.5.